The van der Waals surface area contributed by atoms with Crippen molar-refractivity contribution in [3.63, 3.8) is 0 Å². The van der Waals surface area contributed by atoms with Crippen molar-refractivity contribution in [2.45, 2.75) is 72.1 Å². The maximum Gasteiger partial charge on any atom is 0.0664 e. The first-order valence-electron chi connectivity index (χ1n) is 7.23. The van der Waals surface area contributed by atoms with Gasteiger partial charge >= 0.3 is 0 Å². The van der Waals surface area contributed by atoms with Gasteiger partial charge in [0.1, 0.15) is 0 Å². The molecular weight excluding hydrogens is 238 g/mol. The molecule has 0 spiro atoms. The molecule has 110 valence electrons. The molecule has 0 saturated carbocycles. The summed E-state index contributed by atoms with van der Waals surface area (Å²) in [7, 11) is 0. The second kappa shape index (κ2) is 6.53. The van der Waals surface area contributed by atoms with Gasteiger partial charge in [0, 0.05) is 24.3 Å². The molecule has 0 aliphatic rings. The van der Waals surface area contributed by atoms with E-state index in [0.717, 1.165) is 18.5 Å². The molecule has 0 fully saturated rings. The summed E-state index contributed by atoms with van der Waals surface area (Å²) in [5, 5.41) is 17.7. The number of aromatic nitrogens is 2. The fraction of sp³-hybridized carbons (Fsp3) is 0.800. The Labute approximate surface area is 117 Å². The summed E-state index contributed by atoms with van der Waals surface area (Å²) in [4.78, 5) is 0. The molecule has 0 aliphatic carbocycles. The molecule has 2 N–H and O–H groups in total. The van der Waals surface area contributed by atoms with Gasteiger partial charge in [-0.2, -0.15) is 5.10 Å². The van der Waals surface area contributed by atoms with Crippen molar-refractivity contribution in [2.75, 3.05) is 6.54 Å². The highest BCUT2D eigenvalue weighted by atomic mass is 16.3. The van der Waals surface area contributed by atoms with Crippen LogP contribution in [0.3, 0.4) is 0 Å². The molecule has 0 saturated heterocycles. The molecule has 0 amide bonds. The lowest BCUT2D eigenvalue weighted by Crippen LogP contribution is -2.29. The predicted octanol–water partition coefficient (Wildman–Crippen LogP) is 2.76. The molecule has 2 atom stereocenters. The largest absolute Gasteiger partial charge is 0.392 e. The van der Waals surface area contributed by atoms with Crippen LogP contribution in [-0.4, -0.2) is 27.5 Å². The van der Waals surface area contributed by atoms with E-state index < -0.39 is 0 Å². The maximum absolute atomic E-state index is 9.77. The summed E-state index contributed by atoms with van der Waals surface area (Å²) in [5.74, 6) is 0. The highest BCUT2D eigenvalue weighted by Gasteiger charge is 2.19. The standard InChI is InChI=1S/C15H29N3O/c1-7-8-13(19)9-16-11(2)14-10-18(15(4,5)6)17-12(14)3/h10-11,13,16,19H,7-9H2,1-6H3. The van der Waals surface area contributed by atoms with E-state index in [0.29, 0.717) is 6.54 Å². The van der Waals surface area contributed by atoms with Crippen molar-refractivity contribution < 1.29 is 5.11 Å². The Morgan fingerprint density at radius 3 is 2.53 bits per heavy atom. The van der Waals surface area contributed by atoms with Gasteiger partial charge in [-0.05, 0) is 41.0 Å². The molecular formula is C15H29N3O. The third-order valence-electron chi connectivity index (χ3n) is 3.37. The SMILES string of the molecule is CCCC(O)CNC(C)c1cn(C(C)(C)C)nc1C. The van der Waals surface area contributed by atoms with E-state index in [4.69, 9.17) is 0 Å². The van der Waals surface area contributed by atoms with Crippen molar-refractivity contribution in [3.8, 4) is 0 Å². The van der Waals surface area contributed by atoms with Crippen LogP contribution < -0.4 is 5.32 Å². The fourth-order valence-corrected chi connectivity index (χ4v) is 2.10. The van der Waals surface area contributed by atoms with Gasteiger partial charge < -0.3 is 10.4 Å². The Morgan fingerprint density at radius 2 is 2.05 bits per heavy atom. The fourth-order valence-electron chi connectivity index (χ4n) is 2.10. The molecule has 1 aromatic heterocycles. The van der Waals surface area contributed by atoms with Gasteiger partial charge in [-0.15, -0.1) is 0 Å². The molecule has 0 radical (unpaired) electrons. The van der Waals surface area contributed by atoms with Crippen molar-refractivity contribution in [3.05, 3.63) is 17.5 Å². The number of nitrogens with zero attached hydrogens (tertiary/aromatic N) is 2. The first-order chi connectivity index (χ1) is 8.75. The first kappa shape index (κ1) is 16.2. The second-order valence-corrected chi connectivity index (χ2v) is 6.36. The van der Waals surface area contributed by atoms with Crippen LogP contribution in [0.15, 0.2) is 6.20 Å². The van der Waals surface area contributed by atoms with Gasteiger partial charge in [0.15, 0.2) is 0 Å². The lowest BCUT2D eigenvalue weighted by atomic mass is 10.1. The van der Waals surface area contributed by atoms with Crippen LogP contribution in [0.1, 0.15) is 64.8 Å². The zero-order valence-electron chi connectivity index (χ0n) is 13.2. The van der Waals surface area contributed by atoms with Crippen LogP contribution in [0.4, 0.5) is 0 Å². The Bertz CT molecular complexity index is 393. The van der Waals surface area contributed by atoms with E-state index in [2.05, 4.69) is 51.2 Å². The monoisotopic (exact) mass is 267 g/mol. The van der Waals surface area contributed by atoms with Crippen molar-refractivity contribution in [2.24, 2.45) is 0 Å². The first-order valence-corrected chi connectivity index (χ1v) is 7.23. The number of hydrogen-bond donors (Lipinski definition) is 2. The van der Waals surface area contributed by atoms with Crippen molar-refractivity contribution in [1.29, 1.82) is 0 Å². The molecule has 4 nitrogen and oxygen atoms in total. The highest BCUT2D eigenvalue weighted by molar-refractivity contribution is 5.20. The average Bonchev–Trinajstić information content (AvgIpc) is 2.68. The molecule has 0 aromatic carbocycles. The van der Waals surface area contributed by atoms with E-state index in [1.165, 1.54) is 5.56 Å². The molecule has 1 aromatic rings. The Kier molecular flexibility index (Phi) is 5.56. The highest BCUT2D eigenvalue weighted by Crippen LogP contribution is 2.21. The van der Waals surface area contributed by atoms with Gasteiger partial charge in [-0.25, -0.2) is 0 Å². The van der Waals surface area contributed by atoms with Crippen LogP contribution >= 0.6 is 0 Å². The number of aliphatic hydroxyl groups is 1. The Balaban J connectivity index is 2.67. The van der Waals surface area contributed by atoms with Gasteiger partial charge in [0.05, 0.1) is 17.3 Å². The topological polar surface area (TPSA) is 50.1 Å². The van der Waals surface area contributed by atoms with Crippen LogP contribution in [0, 0.1) is 6.92 Å². The third-order valence-corrected chi connectivity index (χ3v) is 3.37. The molecule has 2 unspecified atom stereocenters. The summed E-state index contributed by atoms with van der Waals surface area (Å²) in [6.45, 7) is 13.3. The summed E-state index contributed by atoms with van der Waals surface area (Å²) in [6, 6.07) is 0.211. The molecule has 1 rings (SSSR count). The summed E-state index contributed by atoms with van der Waals surface area (Å²) in [5.41, 5.74) is 2.27. The number of hydrogen-bond acceptors (Lipinski definition) is 3. The molecule has 0 aliphatic heterocycles. The normalized spacial score (nSPS) is 15.5. The average molecular weight is 267 g/mol. The van der Waals surface area contributed by atoms with E-state index in [1.54, 1.807) is 0 Å². The van der Waals surface area contributed by atoms with E-state index in [-0.39, 0.29) is 17.7 Å². The van der Waals surface area contributed by atoms with Crippen LogP contribution in [0.2, 0.25) is 0 Å². The number of rotatable bonds is 6. The van der Waals surface area contributed by atoms with E-state index >= 15 is 0 Å². The van der Waals surface area contributed by atoms with Crippen LogP contribution in [0.25, 0.3) is 0 Å². The van der Waals surface area contributed by atoms with Crippen LogP contribution in [0.5, 0.6) is 0 Å². The number of aryl methyl sites for hydroxylation is 1. The molecule has 4 heteroatoms. The number of aliphatic hydroxyl groups excluding tert-OH is 1. The predicted molar refractivity (Wildman–Crippen MR) is 79.3 cm³/mol. The van der Waals surface area contributed by atoms with Crippen molar-refractivity contribution in [1.82, 2.24) is 15.1 Å². The van der Waals surface area contributed by atoms with Crippen molar-refractivity contribution >= 4 is 0 Å². The molecule has 1 heterocycles. The maximum atomic E-state index is 9.77. The minimum atomic E-state index is -0.259. The minimum absolute atomic E-state index is 0.00442. The van der Waals surface area contributed by atoms with Gasteiger partial charge in [0.25, 0.3) is 0 Å². The van der Waals surface area contributed by atoms with Gasteiger partial charge in [-0.1, -0.05) is 13.3 Å². The van der Waals surface area contributed by atoms with Gasteiger partial charge in [0.2, 0.25) is 0 Å². The zero-order chi connectivity index (χ0) is 14.6. The lowest BCUT2D eigenvalue weighted by molar-refractivity contribution is 0.157. The van der Waals surface area contributed by atoms with Gasteiger partial charge in [-0.3, -0.25) is 4.68 Å². The van der Waals surface area contributed by atoms with E-state index in [1.807, 2.05) is 11.6 Å². The molecule has 0 bridgehead atoms. The lowest BCUT2D eigenvalue weighted by Gasteiger charge is -2.19. The number of nitrogens with one attached hydrogen (secondary N) is 1. The van der Waals surface area contributed by atoms with E-state index in [9.17, 15) is 5.11 Å². The Hall–Kier alpha value is -0.870. The summed E-state index contributed by atoms with van der Waals surface area (Å²) < 4.78 is 2.01. The summed E-state index contributed by atoms with van der Waals surface area (Å²) >= 11 is 0. The Morgan fingerprint density at radius 1 is 1.42 bits per heavy atom. The quantitative estimate of drug-likeness (QED) is 0.833. The minimum Gasteiger partial charge on any atom is -0.392 e. The zero-order valence-corrected chi connectivity index (χ0v) is 13.2. The van der Waals surface area contributed by atoms with Crippen LogP contribution in [-0.2, 0) is 5.54 Å². The third kappa shape index (κ3) is 4.62. The smallest absolute Gasteiger partial charge is 0.0664 e. The second-order valence-electron chi connectivity index (χ2n) is 6.36. The molecule has 19 heavy (non-hydrogen) atoms. The summed E-state index contributed by atoms with van der Waals surface area (Å²) in [6.07, 6.45) is 3.71.